The molecule has 0 aliphatic carbocycles. The van der Waals surface area contributed by atoms with Gasteiger partial charge in [-0.05, 0) is 30.0 Å². The lowest BCUT2D eigenvalue weighted by molar-refractivity contribution is -0.119. The second-order valence-corrected chi connectivity index (χ2v) is 4.51. The number of hydrogen-bond donors (Lipinski definition) is 1. The number of hydrogen-bond acceptors (Lipinski definition) is 2. The summed E-state index contributed by atoms with van der Waals surface area (Å²) in [7, 11) is 0. The van der Waals surface area contributed by atoms with Crippen LogP contribution in [-0.4, -0.2) is 19.1 Å². The summed E-state index contributed by atoms with van der Waals surface area (Å²) in [6.45, 7) is 8.89. The van der Waals surface area contributed by atoms with E-state index in [-0.39, 0.29) is 5.91 Å². The fourth-order valence-electron chi connectivity index (χ4n) is 1.52. The third-order valence-electron chi connectivity index (χ3n) is 2.61. The molecule has 1 aromatic rings. The minimum atomic E-state index is -0.0266. The van der Waals surface area contributed by atoms with Gasteiger partial charge in [-0.2, -0.15) is 0 Å². The van der Waals surface area contributed by atoms with E-state index in [1.54, 1.807) is 0 Å². The van der Waals surface area contributed by atoms with E-state index in [9.17, 15) is 4.79 Å². The standard InChI is InChI=1S/C14H21NO2/c1-10(2)13-6-5-11(3)14(9-13)17-8-7-15-12(4)16/h5-6,9-10H,7-8H2,1-4H3,(H,15,16). The van der Waals surface area contributed by atoms with E-state index < -0.39 is 0 Å². The SMILES string of the molecule is CC(=O)NCCOc1cc(C(C)C)ccc1C. The van der Waals surface area contributed by atoms with Gasteiger partial charge in [0.15, 0.2) is 0 Å². The van der Waals surface area contributed by atoms with Crippen molar-refractivity contribution >= 4 is 5.91 Å². The monoisotopic (exact) mass is 235 g/mol. The zero-order valence-corrected chi connectivity index (χ0v) is 11.0. The summed E-state index contributed by atoms with van der Waals surface area (Å²) in [6, 6.07) is 6.28. The van der Waals surface area contributed by atoms with Crippen molar-refractivity contribution in [1.82, 2.24) is 5.32 Å². The Balaban J connectivity index is 2.57. The average molecular weight is 235 g/mol. The van der Waals surface area contributed by atoms with E-state index in [2.05, 4.69) is 37.4 Å². The summed E-state index contributed by atoms with van der Waals surface area (Å²) in [5.41, 5.74) is 2.39. The molecule has 0 saturated carbocycles. The molecule has 3 nitrogen and oxygen atoms in total. The van der Waals surface area contributed by atoms with Gasteiger partial charge in [0.25, 0.3) is 0 Å². The Hall–Kier alpha value is -1.51. The molecule has 94 valence electrons. The average Bonchev–Trinajstić information content (AvgIpc) is 2.25. The predicted octanol–water partition coefficient (Wildman–Crippen LogP) is 2.63. The van der Waals surface area contributed by atoms with Crippen LogP contribution in [0.1, 0.15) is 37.8 Å². The van der Waals surface area contributed by atoms with Crippen LogP contribution in [0.25, 0.3) is 0 Å². The number of nitrogens with one attached hydrogen (secondary N) is 1. The highest BCUT2D eigenvalue weighted by atomic mass is 16.5. The maximum atomic E-state index is 10.7. The highest BCUT2D eigenvalue weighted by molar-refractivity contribution is 5.72. The Morgan fingerprint density at radius 3 is 2.71 bits per heavy atom. The van der Waals surface area contributed by atoms with Gasteiger partial charge >= 0.3 is 0 Å². The summed E-state index contributed by atoms with van der Waals surface area (Å²) in [6.07, 6.45) is 0. The zero-order chi connectivity index (χ0) is 12.8. The Morgan fingerprint density at radius 1 is 1.41 bits per heavy atom. The summed E-state index contributed by atoms with van der Waals surface area (Å²) >= 11 is 0. The Kier molecular flexibility index (Phi) is 5.01. The molecule has 0 aromatic heterocycles. The molecule has 1 rings (SSSR count). The van der Waals surface area contributed by atoms with Gasteiger partial charge in [0.1, 0.15) is 12.4 Å². The number of amides is 1. The van der Waals surface area contributed by atoms with Crippen molar-refractivity contribution in [3.63, 3.8) is 0 Å². The van der Waals surface area contributed by atoms with Crippen LogP contribution in [0, 0.1) is 6.92 Å². The molecule has 0 atom stereocenters. The van der Waals surface area contributed by atoms with Gasteiger partial charge in [-0.3, -0.25) is 4.79 Å². The first-order chi connectivity index (χ1) is 8.00. The normalized spacial score (nSPS) is 10.4. The Labute approximate surface area is 103 Å². The highest BCUT2D eigenvalue weighted by Gasteiger charge is 2.04. The zero-order valence-electron chi connectivity index (χ0n) is 11.0. The molecule has 0 saturated heterocycles. The second-order valence-electron chi connectivity index (χ2n) is 4.51. The van der Waals surface area contributed by atoms with Crippen molar-refractivity contribution in [1.29, 1.82) is 0 Å². The number of aryl methyl sites for hydroxylation is 1. The van der Waals surface area contributed by atoms with Crippen molar-refractivity contribution in [3.8, 4) is 5.75 Å². The molecule has 0 fully saturated rings. The lowest BCUT2D eigenvalue weighted by Crippen LogP contribution is -2.25. The summed E-state index contributed by atoms with van der Waals surface area (Å²) in [5, 5.41) is 2.71. The first kappa shape index (κ1) is 13.6. The van der Waals surface area contributed by atoms with Crippen LogP contribution in [0.3, 0.4) is 0 Å². The van der Waals surface area contributed by atoms with Crippen LogP contribution >= 0.6 is 0 Å². The molecule has 0 aliphatic heterocycles. The van der Waals surface area contributed by atoms with Crippen molar-refractivity contribution in [3.05, 3.63) is 29.3 Å². The molecule has 17 heavy (non-hydrogen) atoms. The predicted molar refractivity (Wildman–Crippen MR) is 69.4 cm³/mol. The van der Waals surface area contributed by atoms with E-state index in [0.29, 0.717) is 19.1 Å². The molecule has 1 amide bonds. The van der Waals surface area contributed by atoms with Crippen molar-refractivity contribution < 1.29 is 9.53 Å². The maximum absolute atomic E-state index is 10.7. The van der Waals surface area contributed by atoms with E-state index in [1.165, 1.54) is 12.5 Å². The third-order valence-corrected chi connectivity index (χ3v) is 2.61. The lowest BCUT2D eigenvalue weighted by atomic mass is 10.0. The minimum Gasteiger partial charge on any atom is -0.491 e. The van der Waals surface area contributed by atoms with Gasteiger partial charge < -0.3 is 10.1 Å². The van der Waals surface area contributed by atoms with Crippen LogP contribution < -0.4 is 10.1 Å². The van der Waals surface area contributed by atoms with E-state index in [1.807, 2.05) is 6.92 Å². The molecular weight excluding hydrogens is 214 g/mol. The summed E-state index contributed by atoms with van der Waals surface area (Å²) < 4.78 is 5.66. The van der Waals surface area contributed by atoms with E-state index in [4.69, 9.17) is 4.74 Å². The summed E-state index contributed by atoms with van der Waals surface area (Å²) in [4.78, 5) is 10.7. The number of carbonyl (C=O) groups excluding carboxylic acids is 1. The lowest BCUT2D eigenvalue weighted by Gasteiger charge is -2.12. The van der Waals surface area contributed by atoms with Gasteiger partial charge in [0.2, 0.25) is 5.91 Å². The molecule has 1 aromatic carbocycles. The molecule has 0 heterocycles. The molecule has 0 unspecified atom stereocenters. The van der Waals surface area contributed by atoms with Crippen LogP contribution in [0.4, 0.5) is 0 Å². The molecule has 1 N–H and O–H groups in total. The van der Waals surface area contributed by atoms with Gasteiger partial charge in [0.05, 0.1) is 6.54 Å². The van der Waals surface area contributed by atoms with Gasteiger partial charge in [0, 0.05) is 6.92 Å². The Bertz CT molecular complexity index is 386. The smallest absolute Gasteiger partial charge is 0.216 e. The van der Waals surface area contributed by atoms with E-state index >= 15 is 0 Å². The van der Waals surface area contributed by atoms with Gasteiger partial charge in [-0.15, -0.1) is 0 Å². The van der Waals surface area contributed by atoms with E-state index in [0.717, 1.165) is 11.3 Å². The summed E-state index contributed by atoms with van der Waals surface area (Å²) in [5.74, 6) is 1.37. The molecule has 0 radical (unpaired) electrons. The van der Waals surface area contributed by atoms with Crippen LogP contribution in [0.5, 0.6) is 5.75 Å². The number of rotatable bonds is 5. The Morgan fingerprint density at radius 2 is 2.12 bits per heavy atom. The molecule has 0 bridgehead atoms. The van der Waals surface area contributed by atoms with Crippen LogP contribution in [-0.2, 0) is 4.79 Å². The minimum absolute atomic E-state index is 0.0266. The molecular formula is C14H21NO2. The van der Waals surface area contributed by atoms with Crippen molar-refractivity contribution in [2.75, 3.05) is 13.2 Å². The highest BCUT2D eigenvalue weighted by Crippen LogP contribution is 2.24. The number of ether oxygens (including phenoxy) is 1. The van der Waals surface area contributed by atoms with Crippen molar-refractivity contribution in [2.45, 2.75) is 33.6 Å². The molecule has 3 heteroatoms. The molecule has 0 spiro atoms. The quantitative estimate of drug-likeness (QED) is 0.797. The molecule has 0 aliphatic rings. The fraction of sp³-hybridized carbons (Fsp3) is 0.500. The first-order valence-corrected chi connectivity index (χ1v) is 5.98. The number of carbonyl (C=O) groups is 1. The third kappa shape index (κ3) is 4.47. The maximum Gasteiger partial charge on any atom is 0.216 e. The van der Waals surface area contributed by atoms with Crippen LogP contribution in [0.2, 0.25) is 0 Å². The topological polar surface area (TPSA) is 38.3 Å². The van der Waals surface area contributed by atoms with Crippen LogP contribution in [0.15, 0.2) is 18.2 Å². The number of benzene rings is 1. The van der Waals surface area contributed by atoms with Gasteiger partial charge in [-0.1, -0.05) is 26.0 Å². The fourth-order valence-corrected chi connectivity index (χ4v) is 1.52. The van der Waals surface area contributed by atoms with Gasteiger partial charge in [-0.25, -0.2) is 0 Å². The first-order valence-electron chi connectivity index (χ1n) is 5.98. The van der Waals surface area contributed by atoms with Crippen molar-refractivity contribution in [2.24, 2.45) is 0 Å². The second kappa shape index (κ2) is 6.28. The largest absolute Gasteiger partial charge is 0.491 e.